The van der Waals surface area contributed by atoms with Crippen molar-refractivity contribution in [3.05, 3.63) is 131 Å². The molecule has 4 aromatic carbocycles. The van der Waals surface area contributed by atoms with Crippen LogP contribution in [-0.2, 0) is 96.0 Å². The molecule has 6 rings (SSSR count). The van der Waals surface area contributed by atoms with Crippen LogP contribution in [0.5, 0.6) is 0 Å². The molecule has 0 aliphatic carbocycles. The predicted molar refractivity (Wildman–Crippen MR) is 284 cm³/mol. The Morgan fingerprint density at radius 3 is 1.67 bits per heavy atom. The van der Waals surface area contributed by atoms with Gasteiger partial charge in [0.25, 0.3) is 20.2 Å². The van der Waals surface area contributed by atoms with Gasteiger partial charge in [-0.2, -0.15) is 16.8 Å². The number of aryl methyl sites for hydroxylation is 1. The molecule has 0 saturated heterocycles. The van der Waals surface area contributed by atoms with Crippen LogP contribution >= 0.6 is 0 Å². The number of benzene rings is 4. The molecule has 392 valence electrons. The highest BCUT2D eigenvalue weighted by atomic mass is 32.2. The third-order valence-corrected chi connectivity index (χ3v) is 15.8. The fourth-order valence-electron chi connectivity index (χ4n) is 7.18. The topological polar surface area (TPSA) is 228 Å². The number of hydrogen-bond donors (Lipinski definition) is 3. The zero-order valence-corrected chi connectivity index (χ0v) is 46.0. The van der Waals surface area contributed by atoms with Crippen molar-refractivity contribution in [2.75, 3.05) is 31.8 Å². The van der Waals surface area contributed by atoms with Gasteiger partial charge in [0.15, 0.2) is 0 Å². The monoisotopic (exact) mass is 1070 g/mol. The highest BCUT2D eigenvalue weighted by molar-refractivity contribution is 7.86. The number of fused-ring (bicyclic) bond motifs is 2. The van der Waals surface area contributed by atoms with E-state index < -0.39 is 48.6 Å². The van der Waals surface area contributed by atoms with Crippen LogP contribution in [0.25, 0.3) is 22.1 Å². The van der Waals surface area contributed by atoms with Crippen LogP contribution in [0.15, 0.2) is 97.1 Å². The molecule has 0 bridgehead atoms. The molecule has 0 aliphatic heterocycles. The number of para-hydroxylation sites is 2. The van der Waals surface area contributed by atoms with Gasteiger partial charge in [-0.15, -0.1) is 0 Å². The van der Waals surface area contributed by atoms with E-state index in [9.17, 15) is 26.4 Å². The Labute approximate surface area is 425 Å². The van der Waals surface area contributed by atoms with E-state index in [-0.39, 0.29) is 51.8 Å². The lowest BCUT2D eigenvalue weighted by Crippen LogP contribution is -2.26. The number of aromatic nitrogens is 4. The molecule has 0 fully saturated rings. The molecule has 0 radical (unpaired) electrons. The first-order valence-electron chi connectivity index (χ1n) is 23.8. The molecule has 3 N–H and O–H groups in total. The van der Waals surface area contributed by atoms with Gasteiger partial charge in [-0.1, -0.05) is 124 Å². The van der Waals surface area contributed by atoms with Crippen LogP contribution < -0.4 is 10.6 Å². The van der Waals surface area contributed by atoms with Crippen molar-refractivity contribution in [2.24, 2.45) is 0 Å². The molecule has 2 heterocycles. The number of carbonyl (C=O) groups is 2. The van der Waals surface area contributed by atoms with Gasteiger partial charge < -0.3 is 38.7 Å². The summed E-state index contributed by atoms with van der Waals surface area (Å²) in [6.45, 7) is 16.2. The molecule has 0 atom stereocenters. The van der Waals surface area contributed by atoms with E-state index >= 15 is 0 Å². The number of hydrogen-bond acceptors (Lipinski definition) is 13. The largest absolute Gasteiger partial charge is 0.445 e. The van der Waals surface area contributed by atoms with Gasteiger partial charge in [-0.3, -0.25) is 8.74 Å². The smallest absolute Gasteiger partial charge is 0.407 e. The first-order valence-corrected chi connectivity index (χ1v) is 34.7. The summed E-state index contributed by atoms with van der Waals surface area (Å²) in [6.07, 6.45) is 1.04. The van der Waals surface area contributed by atoms with Crippen molar-refractivity contribution in [2.45, 2.75) is 110 Å². The van der Waals surface area contributed by atoms with E-state index in [1.807, 2.05) is 106 Å². The van der Waals surface area contributed by atoms with Crippen molar-refractivity contribution in [3.8, 4) is 0 Å². The summed E-state index contributed by atoms with van der Waals surface area (Å²) in [6, 6.07) is 32.3. The van der Waals surface area contributed by atoms with Crippen molar-refractivity contribution in [3.63, 3.8) is 0 Å². The second kappa shape index (κ2) is 27.0. The molecular weight excluding hydrogens is 997 g/mol. The Kier molecular flexibility index (Phi) is 21.5. The number of amides is 2. The molecule has 0 saturated carbocycles. The Bertz CT molecular complexity index is 2850. The maximum Gasteiger partial charge on any atom is 0.407 e. The van der Waals surface area contributed by atoms with E-state index in [1.54, 1.807) is 0 Å². The predicted octanol–water partition coefficient (Wildman–Crippen LogP) is 8.89. The molecule has 2 amide bonds. The summed E-state index contributed by atoms with van der Waals surface area (Å²) in [7, 11) is -10.1. The van der Waals surface area contributed by atoms with Gasteiger partial charge in [0.1, 0.15) is 38.3 Å². The zero-order chi connectivity index (χ0) is 52.4. The standard InChI is InChI=1S/2C25H35N3O6SSi/c1-35(30,31)34-14-13-21-11-8-12-22-24(21)27-23(28(22)19-32-15-16-36(2,3)4)17-26-25(29)33-18-20-9-6-5-7-10-20;1-36(2,3)16-14-33-19-28-23(17-26-25(29)34-18-20-9-5-4-6-10-20)27-22-13-7-11-21(24(22)28)12-8-15-35(30,31)32/h5-12H,13-19H2,1-4H3,(H,26,29);4-7,9-11,13H,8,12,14-19H2,1-3H3,(H,26,29)(H,30,31,32). The van der Waals surface area contributed by atoms with Crippen LogP contribution in [0.4, 0.5) is 9.59 Å². The van der Waals surface area contributed by atoms with Crippen LogP contribution in [0.2, 0.25) is 51.4 Å². The third-order valence-electron chi connectivity index (χ3n) is 11.0. The Hall–Kier alpha value is -5.47. The minimum atomic E-state index is -4.03. The quantitative estimate of drug-likeness (QED) is 0.0200. The zero-order valence-electron chi connectivity index (χ0n) is 42.4. The first kappa shape index (κ1) is 57.4. The molecule has 22 heteroatoms. The lowest BCUT2D eigenvalue weighted by atomic mass is 10.1. The normalized spacial score (nSPS) is 12.1. The minimum absolute atomic E-state index is 0.0247. The second-order valence-corrected chi connectivity index (χ2v) is 34.1. The van der Waals surface area contributed by atoms with E-state index in [4.69, 9.17) is 37.7 Å². The number of rotatable bonds is 26. The third kappa shape index (κ3) is 20.6. The summed E-state index contributed by atoms with van der Waals surface area (Å²) < 4.78 is 85.5. The van der Waals surface area contributed by atoms with Crippen LogP contribution in [0.3, 0.4) is 0 Å². The van der Waals surface area contributed by atoms with E-state index in [0.29, 0.717) is 44.4 Å². The first-order chi connectivity index (χ1) is 34.0. The minimum Gasteiger partial charge on any atom is -0.445 e. The number of nitrogens with zero attached hydrogens (tertiary/aromatic N) is 4. The number of nitrogens with one attached hydrogen (secondary N) is 2. The average Bonchev–Trinajstić information content (AvgIpc) is 3.86. The Morgan fingerprint density at radius 2 is 1.14 bits per heavy atom. The summed E-state index contributed by atoms with van der Waals surface area (Å²) in [5, 5.41) is 5.53. The van der Waals surface area contributed by atoms with E-state index in [2.05, 4.69) is 49.9 Å². The average molecular weight is 1070 g/mol. The molecular formula is C50H70N6O12S2Si2. The molecule has 18 nitrogen and oxygen atoms in total. The summed E-state index contributed by atoms with van der Waals surface area (Å²) in [5.74, 6) is 0.911. The molecule has 72 heavy (non-hydrogen) atoms. The Balaban J connectivity index is 0.000000267. The van der Waals surface area contributed by atoms with Crippen LogP contribution in [0, 0.1) is 0 Å². The lowest BCUT2D eigenvalue weighted by molar-refractivity contribution is 0.0872. The van der Waals surface area contributed by atoms with Gasteiger partial charge in [0, 0.05) is 29.4 Å². The molecule has 0 aliphatic rings. The summed E-state index contributed by atoms with van der Waals surface area (Å²) in [5.41, 5.74) is 6.66. The van der Waals surface area contributed by atoms with Crippen molar-refractivity contribution < 1.29 is 54.1 Å². The van der Waals surface area contributed by atoms with Gasteiger partial charge in [0.2, 0.25) is 0 Å². The molecule has 6 aromatic rings. The van der Waals surface area contributed by atoms with Crippen LogP contribution in [-0.4, -0.2) is 101 Å². The molecule has 0 unspecified atom stereocenters. The SMILES string of the molecule is C[Si](C)(C)CCOCn1c(CNC(=O)OCc2ccccc2)nc2c(CCOS(C)(=O)=O)cccc21.C[Si](C)(C)CCOCn1c(CNC(=O)OCc2ccccc2)nc2cccc(CCCS(=O)(=O)O)c21. The Morgan fingerprint density at radius 1 is 0.625 bits per heavy atom. The van der Waals surface area contributed by atoms with Crippen molar-refractivity contribution in [1.29, 1.82) is 0 Å². The lowest BCUT2D eigenvalue weighted by Gasteiger charge is -2.17. The van der Waals surface area contributed by atoms with E-state index in [1.165, 1.54) is 0 Å². The fourth-order valence-corrected chi connectivity index (χ4v) is 9.59. The van der Waals surface area contributed by atoms with Crippen molar-refractivity contribution >= 4 is 70.6 Å². The number of alkyl carbamates (subject to hydrolysis) is 2. The summed E-state index contributed by atoms with van der Waals surface area (Å²) >= 11 is 0. The fraction of sp³-hybridized carbons (Fsp3) is 0.440. The van der Waals surface area contributed by atoms with Crippen LogP contribution in [0.1, 0.15) is 40.3 Å². The number of ether oxygens (including phenoxy) is 4. The van der Waals surface area contributed by atoms with Gasteiger partial charge in [0.05, 0.1) is 53.8 Å². The highest BCUT2D eigenvalue weighted by Crippen LogP contribution is 2.24. The van der Waals surface area contributed by atoms with Gasteiger partial charge in [-0.05, 0) is 65.7 Å². The number of imidazole rings is 2. The maximum absolute atomic E-state index is 12.3. The van der Waals surface area contributed by atoms with Crippen molar-refractivity contribution in [1.82, 2.24) is 29.7 Å². The van der Waals surface area contributed by atoms with Gasteiger partial charge in [-0.25, -0.2) is 19.6 Å². The maximum atomic E-state index is 12.3. The molecule has 0 spiro atoms. The second-order valence-electron chi connectivity index (χ2n) is 19.7. The summed E-state index contributed by atoms with van der Waals surface area (Å²) in [4.78, 5) is 34.1. The number of carbonyl (C=O) groups excluding carboxylic acids is 2. The molecule has 2 aromatic heterocycles. The highest BCUT2D eigenvalue weighted by Gasteiger charge is 2.20. The van der Waals surface area contributed by atoms with E-state index in [0.717, 1.165) is 62.7 Å². The van der Waals surface area contributed by atoms with Gasteiger partial charge >= 0.3 is 12.2 Å².